The quantitative estimate of drug-likeness (QED) is 0.227. The second-order valence-corrected chi connectivity index (χ2v) is 18.6. The van der Waals surface area contributed by atoms with Crippen LogP contribution in [0, 0.1) is 11.8 Å². The summed E-state index contributed by atoms with van der Waals surface area (Å²) in [6, 6.07) is 11.0. The van der Waals surface area contributed by atoms with Crippen LogP contribution in [0.4, 0.5) is 0 Å². The second-order valence-electron chi connectivity index (χ2n) is 16.0. The zero-order valence-corrected chi connectivity index (χ0v) is 32.7. The molecule has 1 saturated heterocycles. The summed E-state index contributed by atoms with van der Waals surface area (Å²) in [4.78, 5) is 43.8. The second kappa shape index (κ2) is 17.0. The van der Waals surface area contributed by atoms with E-state index in [0.717, 1.165) is 37.5 Å². The molecule has 4 N–H and O–H groups in total. The Labute approximate surface area is 309 Å². The summed E-state index contributed by atoms with van der Waals surface area (Å²) in [7, 11) is -1.04. The minimum Gasteiger partial charge on any atom is -0.497 e. The number of fused-ring (bicyclic) bond motifs is 1. The minimum absolute atomic E-state index is 0.0841. The van der Waals surface area contributed by atoms with Crippen LogP contribution in [-0.4, -0.2) is 104 Å². The van der Waals surface area contributed by atoms with E-state index in [2.05, 4.69) is 20.9 Å². The van der Waals surface area contributed by atoms with Crippen molar-refractivity contribution in [3.05, 3.63) is 59.7 Å². The van der Waals surface area contributed by atoms with Gasteiger partial charge in [-0.05, 0) is 83.4 Å². The highest BCUT2D eigenvalue weighted by Gasteiger charge is 2.46. The van der Waals surface area contributed by atoms with Crippen molar-refractivity contribution in [2.75, 3.05) is 33.6 Å². The van der Waals surface area contributed by atoms with Gasteiger partial charge in [-0.25, -0.2) is 8.42 Å². The number of nitrogens with one attached hydrogen (secondary N) is 3. The molecule has 13 heteroatoms. The number of hydrogen-bond donors (Lipinski definition) is 4. The fourth-order valence-electron chi connectivity index (χ4n) is 7.33. The number of amides is 3. The third-order valence-corrected chi connectivity index (χ3v) is 12.8. The van der Waals surface area contributed by atoms with Gasteiger partial charge in [0.15, 0.2) is 9.84 Å². The van der Waals surface area contributed by atoms with Crippen LogP contribution in [0.3, 0.4) is 0 Å². The lowest BCUT2D eigenvalue weighted by molar-refractivity contribution is -0.133. The first-order valence-electron chi connectivity index (χ1n) is 18.1. The smallest absolute Gasteiger partial charge is 0.252 e. The maximum atomic E-state index is 14.3. The molecule has 2 aromatic carbocycles. The number of likely N-dealkylation sites (tertiary alicyclic amines) is 1. The molecule has 0 bridgehead atoms. The summed E-state index contributed by atoms with van der Waals surface area (Å²) in [5.74, 6) is -0.0449. The van der Waals surface area contributed by atoms with E-state index in [9.17, 15) is 27.9 Å². The molecule has 0 aromatic heterocycles. The van der Waals surface area contributed by atoms with Crippen molar-refractivity contribution in [3.63, 3.8) is 0 Å². The first kappa shape index (κ1) is 41.1. The number of carbonyl (C=O) groups excluding carboxylic acids is 3. The highest BCUT2D eigenvalue weighted by atomic mass is 32.2. The Morgan fingerprint density at radius 3 is 2.08 bits per heavy atom. The van der Waals surface area contributed by atoms with Crippen LogP contribution in [0.5, 0.6) is 11.5 Å². The van der Waals surface area contributed by atoms with Crippen LogP contribution in [-0.2, 0) is 25.8 Å². The summed E-state index contributed by atoms with van der Waals surface area (Å²) in [5.41, 5.74) is 0.507. The van der Waals surface area contributed by atoms with Crippen molar-refractivity contribution >= 4 is 27.6 Å². The molecule has 288 valence electrons. The molecule has 0 spiro atoms. The maximum absolute atomic E-state index is 14.3. The Kier molecular flexibility index (Phi) is 13.4. The third-order valence-electron chi connectivity index (χ3n) is 10.6. The zero-order chi connectivity index (χ0) is 38.4. The zero-order valence-electron chi connectivity index (χ0n) is 31.9. The standard InChI is InChI=1S/C39H58N4O8S/c1-38(2,3)42-36(46)32-21-26-16-12-13-17-27(26)23-43(32)24-33(44)31(18-25-14-10-9-11-15-25)40-37(47)34(39(4,5)52(8,48)49)41-35(45)28-19-29(50-6)22-30(20-28)51-7/h9-11,14-15,19-20,22,26-27,31-34,44H,12-13,16-18,21,23-24H2,1-8H3,(H,40,47)(H,41,45)(H,42,46)/t26-,27+,31?,32?,33?,34+/m0/s1. The van der Waals surface area contributed by atoms with Crippen molar-refractivity contribution in [1.82, 2.24) is 20.9 Å². The Bertz CT molecular complexity index is 1640. The van der Waals surface area contributed by atoms with Gasteiger partial charge >= 0.3 is 0 Å². The first-order valence-corrected chi connectivity index (χ1v) is 20.0. The van der Waals surface area contributed by atoms with Crippen LogP contribution in [0.25, 0.3) is 0 Å². The molecule has 52 heavy (non-hydrogen) atoms. The normalized spacial score (nSPS) is 21.5. The van der Waals surface area contributed by atoms with Gasteiger partial charge in [0.2, 0.25) is 11.8 Å². The first-order chi connectivity index (χ1) is 24.3. The van der Waals surface area contributed by atoms with Gasteiger partial charge in [-0.3, -0.25) is 19.3 Å². The van der Waals surface area contributed by atoms with Crippen molar-refractivity contribution in [2.45, 2.75) is 108 Å². The number of hydrogen-bond acceptors (Lipinski definition) is 9. The largest absolute Gasteiger partial charge is 0.497 e. The van der Waals surface area contributed by atoms with Gasteiger partial charge in [0.25, 0.3) is 5.91 Å². The number of ether oxygens (including phenoxy) is 2. The number of β-amino-alcohol motifs (C(OH)–C–C–N with tert-alkyl or cyclic N) is 1. The number of piperidine rings is 1. The summed E-state index contributed by atoms with van der Waals surface area (Å²) >= 11 is 0. The minimum atomic E-state index is -3.92. The van der Waals surface area contributed by atoms with Crippen molar-refractivity contribution < 1.29 is 37.4 Å². The van der Waals surface area contributed by atoms with Gasteiger partial charge in [-0.2, -0.15) is 0 Å². The summed E-state index contributed by atoms with van der Waals surface area (Å²) in [6.45, 7) is 9.36. The lowest BCUT2D eigenvalue weighted by Gasteiger charge is -2.47. The Morgan fingerprint density at radius 2 is 1.52 bits per heavy atom. The molecule has 1 aliphatic heterocycles. The average Bonchev–Trinajstić information content (AvgIpc) is 3.08. The van der Waals surface area contributed by atoms with E-state index in [0.29, 0.717) is 36.3 Å². The molecular weight excluding hydrogens is 685 g/mol. The van der Waals surface area contributed by atoms with Gasteiger partial charge in [0, 0.05) is 36.5 Å². The monoisotopic (exact) mass is 742 g/mol. The fraction of sp³-hybridized carbons (Fsp3) is 0.615. The van der Waals surface area contributed by atoms with Crippen molar-refractivity contribution in [2.24, 2.45) is 11.8 Å². The van der Waals surface area contributed by atoms with E-state index in [4.69, 9.17) is 9.47 Å². The third kappa shape index (κ3) is 10.5. The number of aliphatic hydroxyl groups excluding tert-OH is 1. The van der Waals surface area contributed by atoms with E-state index >= 15 is 0 Å². The topological polar surface area (TPSA) is 163 Å². The molecule has 6 atom stereocenters. The molecule has 4 rings (SSSR count). The number of rotatable bonds is 14. The Hall–Kier alpha value is -3.68. The predicted octanol–water partition coefficient (Wildman–Crippen LogP) is 3.51. The van der Waals surface area contributed by atoms with E-state index in [1.165, 1.54) is 40.2 Å². The molecule has 0 radical (unpaired) electrons. The van der Waals surface area contributed by atoms with Crippen molar-refractivity contribution in [1.29, 1.82) is 0 Å². The molecule has 2 aliphatic rings. The molecule has 1 heterocycles. The number of methoxy groups -OCH3 is 2. The number of nitrogens with zero attached hydrogens (tertiary/aromatic N) is 1. The molecule has 1 aliphatic carbocycles. The highest BCUT2D eigenvalue weighted by molar-refractivity contribution is 7.92. The molecule has 3 amide bonds. The summed E-state index contributed by atoms with van der Waals surface area (Å²) < 4.78 is 35.1. The van der Waals surface area contributed by atoms with E-state index in [-0.39, 0.29) is 24.4 Å². The van der Waals surface area contributed by atoms with Crippen LogP contribution < -0.4 is 25.4 Å². The van der Waals surface area contributed by atoms with E-state index < -0.39 is 56.2 Å². The van der Waals surface area contributed by atoms with Crippen LogP contribution in [0.2, 0.25) is 0 Å². The van der Waals surface area contributed by atoms with E-state index in [1.807, 2.05) is 51.1 Å². The van der Waals surface area contributed by atoms with Gasteiger partial charge < -0.3 is 30.5 Å². The van der Waals surface area contributed by atoms with Crippen LogP contribution in [0.1, 0.15) is 82.6 Å². The van der Waals surface area contributed by atoms with Crippen LogP contribution >= 0.6 is 0 Å². The van der Waals surface area contributed by atoms with E-state index in [1.54, 1.807) is 6.07 Å². The fourth-order valence-corrected chi connectivity index (χ4v) is 7.93. The Morgan fingerprint density at radius 1 is 0.923 bits per heavy atom. The highest BCUT2D eigenvalue weighted by Crippen LogP contribution is 2.39. The molecule has 12 nitrogen and oxygen atoms in total. The Balaban J connectivity index is 1.65. The average molecular weight is 743 g/mol. The van der Waals surface area contributed by atoms with Gasteiger partial charge in [0.05, 0.1) is 37.2 Å². The van der Waals surface area contributed by atoms with Gasteiger partial charge in [0.1, 0.15) is 17.5 Å². The number of carbonyl (C=O) groups is 3. The molecule has 3 unspecified atom stereocenters. The lowest BCUT2D eigenvalue weighted by atomic mass is 9.72. The number of aliphatic hydroxyl groups is 1. The number of sulfone groups is 1. The van der Waals surface area contributed by atoms with Crippen molar-refractivity contribution in [3.8, 4) is 11.5 Å². The lowest BCUT2D eigenvalue weighted by Crippen LogP contribution is -2.64. The predicted molar refractivity (Wildman–Crippen MR) is 201 cm³/mol. The molecular formula is C39H58N4O8S. The van der Waals surface area contributed by atoms with Gasteiger partial charge in [-0.15, -0.1) is 0 Å². The molecule has 2 aromatic rings. The summed E-state index contributed by atoms with van der Waals surface area (Å²) in [5, 5.41) is 20.7. The number of benzene rings is 2. The molecule has 1 saturated carbocycles. The maximum Gasteiger partial charge on any atom is 0.252 e. The SMILES string of the molecule is COc1cc(OC)cc(C(=O)N[C@H](C(=O)NC(Cc2ccccc2)C(O)CN2C[C@H]3CCCC[C@H]3CC2C(=O)NC(C)(C)C)C(C)(C)S(C)(=O)=O)c1. The molecule has 2 fully saturated rings. The van der Waals surface area contributed by atoms with Crippen LogP contribution in [0.15, 0.2) is 48.5 Å². The van der Waals surface area contributed by atoms with Gasteiger partial charge in [-0.1, -0.05) is 49.6 Å². The summed E-state index contributed by atoms with van der Waals surface area (Å²) in [6.07, 6.45) is 5.22.